The average Bonchev–Trinajstić information content (AvgIpc) is 3.63. The third kappa shape index (κ3) is 9.64. The summed E-state index contributed by atoms with van der Waals surface area (Å²) >= 11 is 0. The third-order valence-corrected chi connectivity index (χ3v) is 5.66. The van der Waals surface area contributed by atoms with Crippen molar-refractivity contribution in [3.05, 3.63) is 30.3 Å². The number of carbonyl (C=O) groups is 1. The number of amides is 1. The first-order valence-corrected chi connectivity index (χ1v) is 11.6. The Morgan fingerprint density at radius 3 is 2.39 bits per heavy atom. The predicted molar refractivity (Wildman–Crippen MR) is 139 cm³/mol. The van der Waals surface area contributed by atoms with Gasteiger partial charge in [-0.05, 0) is 51.3 Å². The molecule has 1 aliphatic carbocycles. The molecular formula is C23H39IN6O. The van der Waals surface area contributed by atoms with Crippen LogP contribution in [0.1, 0.15) is 32.6 Å². The number of hydrogen-bond donors (Lipinski definition) is 3. The number of piperazine rings is 1. The summed E-state index contributed by atoms with van der Waals surface area (Å²) in [6.07, 6.45) is 4.36. The molecule has 1 aromatic carbocycles. The van der Waals surface area contributed by atoms with Crippen molar-refractivity contribution in [1.82, 2.24) is 20.9 Å². The van der Waals surface area contributed by atoms with Gasteiger partial charge in [0.15, 0.2) is 5.96 Å². The molecule has 3 N–H and O–H groups in total. The van der Waals surface area contributed by atoms with E-state index in [1.54, 1.807) is 0 Å². The van der Waals surface area contributed by atoms with Gasteiger partial charge in [0.25, 0.3) is 0 Å². The van der Waals surface area contributed by atoms with Gasteiger partial charge < -0.3 is 20.9 Å². The maximum Gasteiger partial charge on any atom is 0.223 e. The van der Waals surface area contributed by atoms with Crippen LogP contribution < -0.4 is 20.9 Å². The molecule has 1 aliphatic heterocycles. The van der Waals surface area contributed by atoms with Gasteiger partial charge in [0.05, 0.1) is 0 Å². The van der Waals surface area contributed by atoms with E-state index in [9.17, 15) is 4.79 Å². The largest absolute Gasteiger partial charge is 0.369 e. The number of hydrogen-bond acceptors (Lipinski definition) is 4. The summed E-state index contributed by atoms with van der Waals surface area (Å²) in [5, 5.41) is 9.56. The van der Waals surface area contributed by atoms with Crippen molar-refractivity contribution < 1.29 is 4.79 Å². The van der Waals surface area contributed by atoms with Crippen molar-refractivity contribution >= 4 is 41.5 Å². The smallest absolute Gasteiger partial charge is 0.223 e. The van der Waals surface area contributed by atoms with Crippen molar-refractivity contribution in [2.24, 2.45) is 10.9 Å². The van der Waals surface area contributed by atoms with Gasteiger partial charge in [0.2, 0.25) is 5.91 Å². The predicted octanol–water partition coefficient (Wildman–Crippen LogP) is 2.29. The number of carbonyl (C=O) groups excluding carboxylic acids is 1. The molecule has 2 aliphatic rings. The molecule has 7 nitrogen and oxygen atoms in total. The van der Waals surface area contributed by atoms with Crippen LogP contribution in [-0.2, 0) is 4.79 Å². The molecule has 1 saturated carbocycles. The molecular weight excluding hydrogens is 503 g/mol. The summed E-state index contributed by atoms with van der Waals surface area (Å²) in [5.74, 6) is 1.31. The number of halogens is 1. The Bertz CT molecular complexity index is 659. The summed E-state index contributed by atoms with van der Waals surface area (Å²) in [6, 6.07) is 10.7. The molecule has 1 saturated heterocycles. The Labute approximate surface area is 204 Å². The van der Waals surface area contributed by atoms with Gasteiger partial charge in [0.1, 0.15) is 0 Å². The standard InChI is InChI=1S/C23H38N6O.HI/c1-2-24-23(27-14-13-25-22(30)20-10-11-20)26-12-6-7-15-28-16-18-29(19-17-28)21-8-4-3-5-9-21;/h3-5,8-9,20H,2,6-7,10-19H2,1H3,(H,25,30)(H2,24,26,27);1H. The van der Waals surface area contributed by atoms with E-state index in [2.05, 4.69) is 68.0 Å². The van der Waals surface area contributed by atoms with Crippen LogP contribution >= 0.6 is 24.0 Å². The number of aliphatic imine (C=N–C) groups is 1. The lowest BCUT2D eigenvalue weighted by Crippen LogP contribution is -2.46. The Morgan fingerprint density at radius 2 is 1.71 bits per heavy atom. The maximum absolute atomic E-state index is 11.6. The fraction of sp³-hybridized carbons (Fsp3) is 0.652. The van der Waals surface area contributed by atoms with Crippen LogP contribution in [-0.4, -0.2) is 75.7 Å². The molecule has 31 heavy (non-hydrogen) atoms. The van der Waals surface area contributed by atoms with Gasteiger partial charge in [-0.25, -0.2) is 0 Å². The number of nitrogens with one attached hydrogen (secondary N) is 3. The normalized spacial score (nSPS) is 17.1. The lowest BCUT2D eigenvalue weighted by Gasteiger charge is -2.36. The molecule has 0 spiro atoms. The zero-order valence-electron chi connectivity index (χ0n) is 18.8. The highest BCUT2D eigenvalue weighted by Crippen LogP contribution is 2.28. The number of anilines is 1. The van der Waals surface area contributed by atoms with Crippen molar-refractivity contribution in [3.63, 3.8) is 0 Å². The maximum atomic E-state index is 11.6. The fourth-order valence-electron chi connectivity index (χ4n) is 3.70. The summed E-state index contributed by atoms with van der Waals surface area (Å²) in [7, 11) is 0. The number of guanidine groups is 1. The molecule has 174 valence electrons. The highest BCUT2D eigenvalue weighted by Gasteiger charge is 2.28. The van der Waals surface area contributed by atoms with Gasteiger partial charge in [-0.3, -0.25) is 14.7 Å². The van der Waals surface area contributed by atoms with Gasteiger partial charge in [-0.1, -0.05) is 18.2 Å². The first-order valence-electron chi connectivity index (χ1n) is 11.6. The molecule has 2 fully saturated rings. The van der Waals surface area contributed by atoms with Crippen LogP contribution in [0.4, 0.5) is 5.69 Å². The molecule has 0 bridgehead atoms. The second kappa shape index (κ2) is 14.5. The highest BCUT2D eigenvalue weighted by molar-refractivity contribution is 14.0. The summed E-state index contributed by atoms with van der Waals surface area (Å²) in [5.41, 5.74) is 1.34. The molecule has 0 unspecified atom stereocenters. The number of rotatable bonds is 11. The van der Waals surface area contributed by atoms with Gasteiger partial charge in [-0.2, -0.15) is 0 Å². The quantitative estimate of drug-likeness (QED) is 0.173. The van der Waals surface area contributed by atoms with Crippen LogP contribution in [0, 0.1) is 5.92 Å². The molecule has 0 aromatic heterocycles. The van der Waals surface area contributed by atoms with Crippen LogP contribution in [0.2, 0.25) is 0 Å². The number of benzene rings is 1. The van der Waals surface area contributed by atoms with E-state index in [1.807, 2.05) is 0 Å². The van der Waals surface area contributed by atoms with E-state index in [0.717, 1.165) is 71.0 Å². The molecule has 0 atom stereocenters. The van der Waals surface area contributed by atoms with Crippen LogP contribution in [0.25, 0.3) is 0 Å². The minimum Gasteiger partial charge on any atom is -0.369 e. The Balaban J connectivity index is 0.00000341. The zero-order chi connectivity index (χ0) is 21.0. The number of nitrogens with zero attached hydrogens (tertiary/aromatic N) is 3. The average molecular weight is 543 g/mol. The van der Waals surface area contributed by atoms with E-state index in [4.69, 9.17) is 0 Å². The van der Waals surface area contributed by atoms with Crippen LogP contribution in [0.15, 0.2) is 35.3 Å². The second-order valence-corrected chi connectivity index (χ2v) is 8.12. The van der Waals surface area contributed by atoms with Crippen LogP contribution in [0.3, 0.4) is 0 Å². The SMILES string of the molecule is CCNC(=NCCCCN1CCN(c2ccccc2)CC1)NCCNC(=O)C1CC1.I. The second-order valence-electron chi connectivity index (χ2n) is 8.12. The molecule has 0 radical (unpaired) electrons. The Morgan fingerprint density at radius 1 is 1.00 bits per heavy atom. The van der Waals surface area contributed by atoms with E-state index < -0.39 is 0 Å². The lowest BCUT2D eigenvalue weighted by molar-refractivity contribution is -0.122. The molecule has 1 amide bonds. The van der Waals surface area contributed by atoms with Crippen LogP contribution in [0.5, 0.6) is 0 Å². The topological polar surface area (TPSA) is 72.0 Å². The fourth-order valence-corrected chi connectivity index (χ4v) is 3.70. The third-order valence-electron chi connectivity index (χ3n) is 5.66. The summed E-state index contributed by atoms with van der Waals surface area (Å²) in [4.78, 5) is 21.4. The van der Waals surface area contributed by atoms with E-state index >= 15 is 0 Å². The van der Waals surface area contributed by atoms with Crippen molar-refractivity contribution in [3.8, 4) is 0 Å². The summed E-state index contributed by atoms with van der Waals surface area (Å²) < 4.78 is 0. The molecule has 8 heteroatoms. The van der Waals surface area contributed by atoms with Crippen molar-refractivity contribution in [2.75, 3.05) is 63.8 Å². The molecule has 1 aromatic rings. The molecule has 1 heterocycles. The summed E-state index contributed by atoms with van der Waals surface area (Å²) in [6.45, 7) is 10.7. The van der Waals surface area contributed by atoms with Gasteiger partial charge in [-0.15, -0.1) is 24.0 Å². The van der Waals surface area contributed by atoms with Crippen molar-refractivity contribution in [2.45, 2.75) is 32.6 Å². The zero-order valence-corrected chi connectivity index (χ0v) is 21.1. The van der Waals surface area contributed by atoms with E-state index in [1.165, 1.54) is 12.1 Å². The molecule has 3 rings (SSSR count). The Kier molecular flexibility index (Phi) is 12.0. The number of para-hydroxylation sites is 1. The minimum atomic E-state index is 0. The van der Waals surface area contributed by atoms with Crippen molar-refractivity contribution in [1.29, 1.82) is 0 Å². The van der Waals surface area contributed by atoms with E-state index in [0.29, 0.717) is 13.1 Å². The number of unbranched alkanes of at least 4 members (excludes halogenated alkanes) is 1. The van der Waals surface area contributed by atoms with Gasteiger partial charge in [0, 0.05) is 64.0 Å². The van der Waals surface area contributed by atoms with E-state index in [-0.39, 0.29) is 35.8 Å². The lowest BCUT2D eigenvalue weighted by atomic mass is 10.2. The van der Waals surface area contributed by atoms with Gasteiger partial charge >= 0.3 is 0 Å². The highest BCUT2D eigenvalue weighted by atomic mass is 127. The minimum absolute atomic E-state index is 0. The first kappa shape index (κ1) is 25.7. The monoisotopic (exact) mass is 542 g/mol. The first-order chi connectivity index (χ1) is 14.8. The Hall–Kier alpha value is -1.55.